The number of hydrogen-bond donors (Lipinski definition) is 1. The Hall–Kier alpha value is -3.22. The van der Waals surface area contributed by atoms with Crippen LogP contribution in [0.4, 0.5) is 10.1 Å². The fourth-order valence-corrected chi connectivity index (χ4v) is 3.69. The molecular weight excluding hydrogens is 415 g/mol. The topological polar surface area (TPSA) is 86.8 Å². The lowest BCUT2D eigenvalue weighted by Gasteiger charge is -2.21. The summed E-state index contributed by atoms with van der Waals surface area (Å²) in [6.07, 6.45) is 0. The molecular formula is C22H23FN6OS. The van der Waals surface area contributed by atoms with E-state index in [9.17, 15) is 9.18 Å². The van der Waals surface area contributed by atoms with Gasteiger partial charge in [-0.1, -0.05) is 17.8 Å². The SMILES string of the molecule is CC(Sc1nnc(C(C)N(C)C)n1-c1ccc(F)cc1)C(=O)Nc1cccc(C#N)c1. The maximum Gasteiger partial charge on any atom is 0.237 e. The van der Waals surface area contributed by atoms with Crippen LogP contribution in [-0.4, -0.2) is 44.9 Å². The third-order valence-electron chi connectivity index (χ3n) is 4.80. The molecule has 0 aliphatic carbocycles. The summed E-state index contributed by atoms with van der Waals surface area (Å²) < 4.78 is 15.3. The van der Waals surface area contributed by atoms with Crippen molar-refractivity contribution < 1.29 is 9.18 Å². The van der Waals surface area contributed by atoms with Crippen molar-refractivity contribution in [2.24, 2.45) is 0 Å². The normalized spacial score (nSPS) is 12.9. The maximum absolute atomic E-state index is 13.5. The lowest BCUT2D eigenvalue weighted by atomic mass is 10.2. The molecule has 160 valence electrons. The fourth-order valence-electron chi connectivity index (χ4n) is 2.81. The Kier molecular flexibility index (Phi) is 7.05. The second kappa shape index (κ2) is 9.73. The van der Waals surface area contributed by atoms with Crippen LogP contribution in [0.5, 0.6) is 0 Å². The lowest BCUT2D eigenvalue weighted by molar-refractivity contribution is -0.115. The summed E-state index contributed by atoms with van der Waals surface area (Å²) in [6, 6.07) is 14.8. The number of anilines is 1. The smallest absolute Gasteiger partial charge is 0.237 e. The van der Waals surface area contributed by atoms with Gasteiger partial charge < -0.3 is 5.32 Å². The molecule has 1 amide bonds. The van der Waals surface area contributed by atoms with E-state index >= 15 is 0 Å². The van der Waals surface area contributed by atoms with Gasteiger partial charge >= 0.3 is 0 Å². The van der Waals surface area contributed by atoms with Gasteiger partial charge in [0.15, 0.2) is 11.0 Å². The zero-order valence-corrected chi connectivity index (χ0v) is 18.5. The van der Waals surface area contributed by atoms with Gasteiger partial charge in [-0.25, -0.2) is 4.39 Å². The molecule has 1 aromatic heterocycles. The minimum Gasteiger partial charge on any atom is -0.325 e. The van der Waals surface area contributed by atoms with Gasteiger partial charge in [0.25, 0.3) is 0 Å². The van der Waals surface area contributed by atoms with Crippen LogP contribution in [0.3, 0.4) is 0 Å². The summed E-state index contributed by atoms with van der Waals surface area (Å²) in [7, 11) is 3.87. The van der Waals surface area contributed by atoms with Crippen molar-refractivity contribution in [1.29, 1.82) is 5.26 Å². The van der Waals surface area contributed by atoms with E-state index in [-0.39, 0.29) is 17.8 Å². The number of nitrogens with one attached hydrogen (secondary N) is 1. The molecule has 3 aromatic rings. The first-order valence-electron chi connectivity index (χ1n) is 9.65. The van der Waals surface area contributed by atoms with E-state index < -0.39 is 5.25 Å². The average molecular weight is 439 g/mol. The molecule has 0 saturated carbocycles. The molecule has 7 nitrogen and oxygen atoms in total. The van der Waals surface area contributed by atoms with Gasteiger partial charge in [0.05, 0.1) is 22.9 Å². The van der Waals surface area contributed by atoms with Crippen molar-refractivity contribution in [1.82, 2.24) is 19.7 Å². The van der Waals surface area contributed by atoms with Crippen LogP contribution >= 0.6 is 11.8 Å². The number of carbonyl (C=O) groups is 1. The molecule has 0 radical (unpaired) electrons. The van der Waals surface area contributed by atoms with Gasteiger partial charge in [0, 0.05) is 11.4 Å². The van der Waals surface area contributed by atoms with E-state index in [1.165, 1.54) is 23.9 Å². The zero-order chi connectivity index (χ0) is 22.5. The summed E-state index contributed by atoms with van der Waals surface area (Å²) >= 11 is 1.26. The molecule has 9 heteroatoms. The van der Waals surface area contributed by atoms with Crippen LogP contribution < -0.4 is 5.32 Å². The fraction of sp³-hybridized carbons (Fsp3) is 0.273. The predicted octanol–water partition coefficient (Wildman–Crippen LogP) is 4.02. The minimum atomic E-state index is -0.489. The Balaban J connectivity index is 1.87. The molecule has 1 N–H and O–H groups in total. The standard InChI is InChI=1S/C22H23FN6OS/c1-14(28(3)4)20-26-27-22(29(20)19-10-8-17(23)9-11-19)31-15(2)21(30)25-18-7-5-6-16(12-18)13-24/h5-12,14-15H,1-4H3,(H,25,30). The largest absolute Gasteiger partial charge is 0.325 e. The number of aromatic nitrogens is 3. The molecule has 0 bridgehead atoms. The van der Waals surface area contributed by atoms with Crippen molar-refractivity contribution in [3.63, 3.8) is 0 Å². The van der Waals surface area contributed by atoms with Crippen LogP contribution in [0.1, 0.15) is 31.3 Å². The molecule has 0 saturated heterocycles. The number of halogens is 1. The van der Waals surface area contributed by atoms with Crippen LogP contribution in [0, 0.1) is 17.1 Å². The molecule has 3 rings (SSSR count). The highest BCUT2D eigenvalue weighted by molar-refractivity contribution is 8.00. The van der Waals surface area contributed by atoms with Crippen molar-refractivity contribution in [3.05, 3.63) is 65.7 Å². The number of rotatable bonds is 7. The van der Waals surface area contributed by atoms with Gasteiger partial charge in [-0.05, 0) is 70.4 Å². The molecule has 2 unspecified atom stereocenters. The first-order valence-corrected chi connectivity index (χ1v) is 10.5. The maximum atomic E-state index is 13.5. The third kappa shape index (κ3) is 5.29. The summed E-state index contributed by atoms with van der Waals surface area (Å²) in [5.41, 5.74) is 1.74. The van der Waals surface area contributed by atoms with Crippen LogP contribution in [-0.2, 0) is 4.79 Å². The second-order valence-electron chi connectivity index (χ2n) is 7.23. The Morgan fingerprint density at radius 1 is 1.19 bits per heavy atom. The quantitative estimate of drug-likeness (QED) is 0.561. The van der Waals surface area contributed by atoms with Gasteiger partial charge in [0.2, 0.25) is 5.91 Å². The molecule has 0 aliphatic heterocycles. The highest BCUT2D eigenvalue weighted by Gasteiger charge is 2.24. The summed E-state index contributed by atoms with van der Waals surface area (Å²) in [6.45, 7) is 3.77. The summed E-state index contributed by atoms with van der Waals surface area (Å²) in [4.78, 5) is 14.7. The number of amides is 1. The molecule has 2 aromatic carbocycles. The number of carbonyl (C=O) groups excluding carboxylic acids is 1. The molecule has 0 fully saturated rings. The van der Waals surface area contributed by atoms with Gasteiger partial charge in [-0.3, -0.25) is 14.3 Å². The van der Waals surface area contributed by atoms with E-state index in [0.29, 0.717) is 27.9 Å². The predicted molar refractivity (Wildman–Crippen MR) is 119 cm³/mol. The number of nitriles is 1. The van der Waals surface area contributed by atoms with Gasteiger partial charge in [-0.2, -0.15) is 5.26 Å². The number of hydrogen-bond acceptors (Lipinski definition) is 6. The molecule has 0 spiro atoms. The van der Waals surface area contributed by atoms with Crippen LogP contribution in [0.15, 0.2) is 53.7 Å². The number of nitrogens with zero attached hydrogens (tertiary/aromatic N) is 5. The monoisotopic (exact) mass is 438 g/mol. The van der Waals surface area contributed by atoms with Gasteiger partial charge in [-0.15, -0.1) is 10.2 Å². The Labute approximate surface area is 184 Å². The van der Waals surface area contributed by atoms with Crippen LogP contribution in [0.2, 0.25) is 0 Å². The van der Waals surface area contributed by atoms with E-state index in [0.717, 1.165) is 0 Å². The molecule has 0 aliphatic rings. The first-order chi connectivity index (χ1) is 14.8. The minimum absolute atomic E-state index is 0.0512. The van der Waals surface area contributed by atoms with Crippen molar-refractivity contribution in [2.45, 2.75) is 30.3 Å². The average Bonchev–Trinajstić information content (AvgIpc) is 3.17. The Morgan fingerprint density at radius 2 is 1.90 bits per heavy atom. The summed E-state index contributed by atoms with van der Waals surface area (Å²) in [5.74, 6) is 0.130. The highest BCUT2D eigenvalue weighted by atomic mass is 32.2. The molecule has 2 atom stereocenters. The number of benzene rings is 2. The summed E-state index contributed by atoms with van der Waals surface area (Å²) in [5, 5.41) is 20.5. The zero-order valence-electron chi connectivity index (χ0n) is 17.7. The molecule has 31 heavy (non-hydrogen) atoms. The van der Waals surface area contributed by atoms with E-state index in [4.69, 9.17) is 5.26 Å². The van der Waals surface area contributed by atoms with Crippen molar-refractivity contribution >= 4 is 23.4 Å². The van der Waals surface area contributed by atoms with Crippen molar-refractivity contribution in [2.75, 3.05) is 19.4 Å². The molecule has 1 heterocycles. The van der Waals surface area contributed by atoms with Crippen molar-refractivity contribution in [3.8, 4) is 11.8 Å². The van der Waals surface area contributed by atoms with E-state index in [1.54, 1.807) is 43.3 Å². The second-order valence-corrected chi connectivity index (χ2v) is 8.54. The van der Waals surface area contributed by atoms with Gasteiger partial charge in [0.1, 0.15) is 5.82 Å². The first kappa shape index (κ1) is 22.5. The van der Waals surface area contributed by atoms with E-state index in [2.05, 4.69) is 21.6 Å². The number of thioether (sulfide) groups is 1. The Morgan fingerprint density at radius 3 is 2.55 bits per heavy atom. The lowest BCUT2D eigenvalue weighted by Crippen LogP contribution is -2.23. The van der Waals surface area contributed by atoms with E-state index in [1.807, 2.05) is 30.5 Å². The third-order valence-corrected chi connectivity index (χ3v) is 5.84. The highest BCUT2D eigenvalue weighted by Crippen LogP contribution is 2.29. The van der Waals surface area contributed by atoms with Crippen LogP contribution in [0.25, 0.3) is 5.69 Å². The Bertz CT molecular complexity index is 1110.